The van der Waals surface area contributed by atoms with Crippen LogP contribution in [0, 0.1) is 17.1 Å². The van der Waals surface area contributed by atoms with Crippen LogP contribution in [0.5, 0.6) is 0 Å². The molecule has 7 heteroatoms. The number of halogens is 2. The maximum Gasteiger partial charge on any atom is 0.223 e. The van der Waals surface area contributed by atoms with Crippen molar-refractivity contribution in [3.63, 3.8) is 0 Å². The lowest BCUT2D eigenvalue weighted by Crippen LogP contribution is -2.30. The van der Waals surface area contributed by atoms with Crippen LogP contribution in [-0.4, -0.2) is 15.8 Å². The number of aromatic nitrogens is 1. The maximum atomic E-state index is 13.7. The Morgan fingerprint density at radius 2 is 1.79 bits per heavy atom. The van der Waals surface area contributed by atoms with Gasteiger partial charge in [-0.15, -0.1) is 0 Å². The molecule has 0 atom stereocenters. The highest BCUT2D eigenvalue weighted by Gasteiger charge is 2.17. The zero-order valence-electron chi connectivity index (χ0n) is 18.2. The molecule has 1 amide bonds. The minimum atomic E-state index is -0.352. The third kappa shape index (κ3) is 5.89. The minimum absolute atomic E-state index is 0.119. The summed E-state index contributed by atoms with van der Waals surface area (Å²) in [5.41, 5.74) is 2.85. The van der Waals surface area contributed by atoms with Gasteiger partial charge in [-0.1, -0.05) is 48.0 Å². The largest absolute Gasteiger partial charge is 0.441 e. The van der Waals surface area contributed by atoms with Crippen LogP contribution in [0.3, 0.4) is 0 Å². The lowest BCUT2D eigenvalue weighted by atomic mass is 10.1. The van der Waals surface area contributed by atoms with E-state index in [-0.39, 0.29) is 24.7 Å². The fraction of sp³-hybridized carbons (Fsp3) is 0.148. The Labute approximate surface area is 202 Å². The van der Waals surface area contributed by atoms with Gasteiger partial charge in [0.25, 0.3) is 0 Å². The van der Waals surface area contributed by atoms with Crippen molar-refractivity contribution >= 4 is 17.5 Å². The summed E-state index contributed by atoms with van der Waals surface area (Å²) in [6.45, 7) is 0.588. The number of hydrogen-bond donors (Lipinski definition) is 0. The highest BCUT2D eigenvalue weighted by molar-refractivity contribution is 6.33. The first kappa shape index (κ1) is 23.2. The standard InChI is InChI=1S/C27H21ClFN3O2/c28-24-7-2-1-6-23(24)25-16-31-26(34-25)12-13-27(33)32(18-21-4-3-5-22(29)14-21)17-20-10-8-19(15-30)9-11-20/h1-11,14,16H,12-13,17-18H2. The van der Waals surface area contributed by atoms with Gasteiger partial charge in [0.05, 0.1) is 22.9 Å². The zero-order chi connectivity index (χ0) is 23.9. The smallest absolute Gasteiger partial charge is 0.223 e. The number of hydrogen-bond acceptors (Lipinski definition) is 4. The molecule has 0 unspecified atom stereocenters. The van der Waals surface area contributed by atoms with Gasteiger partial charge in [-0.25, -0.2) is 9.37 Å². The molecule has 0 radical (unpaired) electrons. The van der Waals surface area contributed by atoms with Crippen molar-refractivity contribution in [3.8, 4) is 17.4 Å². The van der Waals surface area contributed by atoms with Crippen molar-refractivity contribution in [1.29, 1.82) is 5.26 Å². The average molecular weight is 474 g/mol. The molecular formula is C27H21ClFN3O2. The summed E-state index contributed by atoms with van der Waals surface area (Å²) >= 11 is 6.23. The van der Waals surface area contributed by atoms with Crippen LogP contribution in [0.15, 0.2) is 83.4 Å². The van der Waals surface area contributed by atoms with Gasteiger partial charge in [0.1, 0.15) is 5.82 Å². The molecule has 0 N–H and O–H groups in total. The zero-order valence-corrected chi connectivity index (χ0v) is 19.0. The molecule has 0 bridgehead atoms. The van der Waals surface area contributed by atoms with E-state index in [4.69, 9.17) is 21.3 Å². The molecule has 4 aromatic rings. The van der Waals surface area contributed by atoms with E-state index >= 15 is 0 Å². The van der Waals surface area contributed by atoms with E-state index in [2.05, 4.69) is 11.1 Å². The molecule has 1 heterocycles. The molecule has 0 aliphatic carbocycles. The summed E-state index contributed by atoms with van der Waals surface area (Å²) in [4.78, 5) is 19.1. The molecule has 3 aromatic carbocycles. The molecule has 0 saturated carbocycles. The van der Waals surface area contributed by atoms with E-state index in [0.717, 1.165) is 11.1 Å². The number of aryl methyl sites for hydroxylation is 1. The second kappa shape index (κ2) is 10.8. The lowest BCUT2D eigenvalue weighted by molar-refractivity contribution is -0.132. The molecule has 1 aromatic heterocycles. The predicted octanol–water partition coefficient (Wildman–Crippen LogP) is 6.17. The monoisotopic (exact) mass is 473 g/mol. The van der Waals surface area contributed by atoms with Gasteiger partial charge in [-0.05, 0) is 47.5 Å². The number of rotatable bonds is 8. The second-order valence-electron chi connectivity index (χ2n) is 7.79. The van der Waals surface area contributed by atoms with Crippen LogP contribution in [0.1, 0.15) is 29.0 Å². The number of carbonyl (C=O) groups excluding carboxylic acids is 1. The topological polar surface area (TPSA) is 70.1 Å². The molecule has 4 rings (SSSR count). The Bertz CT molecular complexity index is 1330. The van der Waals surface area contributed by atoms with Crippen molar-refractivity contribution in [2.45, 2.75) is 25.9 Å². The van der Waals surface area contributed by atoms with Crippen LogP contribution in [0.4, 0.5) is 4.39 Å². The molecule has 5 nitrogen and oxygen atoms in total. The van der Waals surface area contributed by atoms with Gasteiger partial charge >= 0.3 is 0 Å². The summed E-state index contributed by atoms with van der Waals surface area (Å²) < 4.78 is 19.5. The predicted molar refractivity (Wildman–Crippen MR) is 127 cm³/mol. The summed E-state index contributed by atoms with van der Waals surface area (Å²) in [6, 6.07) is 22.6. The second-order valence-corrected chi connectivity index (χ2v) is 8.19. The van der Waals surface area contributed by atoms with E-state index < -0.39 is 0 Å². The fourth-order valence-electron chi connectivity index (χ4n) is 3.58. The summed E-state index contributed by atoms with van der Waals surface area (Å²) in [6.07, 6.45) is 2.09. The number of nitrogens with zero attached hydrogens (tertiary/aromatic N) is 3. The van der Waals surface area contributed by atoms with Gasteiger partial charge in [0, 0.05) is 31.5 Å². The Kier molecular flexibility index (Phi) is 7.36. The van der Waals surface area contributed by atoms with Crippen molar-refractivity contribution in [1.82, 2.24) is 9.88 Å². The quantitative estimate of drug-likeness (QED) is 0.307. The molecular weight excluding hydrogens is 453 g/mol. The van der Waals surface area contributed by atoms with E-state index in [1.807, 2.05) is 30.3 Å². The highest BCUT2D eigenvalue weighted by Crippen LogP contribution is 2.28. The third-order valence-corrected chi connectivity index (χ3v) is 5.65. The summed E-state index contributed by atoms with van der Waals surface area (Å²) in [5.74, 6) is 0.510. The molecule has 0 aliphatic heterocycles. The molecule has 170 valence electrons. The Morgan fingerprint density at radius 1 is 1.03 bits per heavy atom. The van der Waals surface area contributed by atoms with Crippen LogP contribution in [0.25, 0.3) is 11.3 Å². The number of nitriles is 1. The van der Waals surface area contributed by atoms with Crippen LogP contribution >= 0.6 is 11.6 Å². The minimum Gasteiger partial charge on any atom is -0.441 e. The van der Waals surface area contributed by atoms with Crippen molar-refractivity contribution in [3.05, 3.63) is 112 Å². The fourth-order valence-corrected chi connectivity index (χ4v) is 3.81. The molecule has 34 heavy (non-hydrogen) atoms. The normalized spacial score (nSPS) is 10.6. The van der Waals surface area contributed by atoms with Gasteiger partial charge in [-0.2, -0.15) is 5.26 Å². The Morgan fingerprint density at radius 3 is 2.53 bits per heavy atom. The van der Waals surface area contributed by atoms with Gasteiger partial charge in [0.2, 0.25) is 5.91 Å². The van der Waals surface area contributed by atoms with Crippen molar-refractivity contribution in [2.24, 2.45) is 0 Å². The summed E-state index contributed by atoms with van der Waals surface area (Å²) in [7, 11) is 0. The van der Waals surface area contributed by atoms with E-state index in [1.165, 1.54) is 12.1 Å². The van der Waals surface area contributed by atoms with E-state index in [1.54, 1.807) is 41.4 Å². The molecule has 0 saturated heterocycles. The highest BCUT2D eigenvalue weighted by atomic mass is 35.5. The van der Waals surface area contributed by atoms with Crippen molar-refractivity contribution in [2.75, 3.05) is 0 Å². The first-order valence-electron chi connectivity index (χ1n) is 10.7. The molecule has 0 spiro atoms. The molecule has 0 aliphatic rings. The van der Waals surface area contributed by atoms with Crippen molar-refractivity contribution < 1.29 is 13.6 Å². The van der Waals surface area contributed by atoms with E-state index in [9.17, 15) is 9.18 Å². The van der Waals surface area contributed by atoms with Gasteiger partial charge in [-0.3, -0.25) is 4.79 Å². The van der Waals surface area contributed by atoms with Crippen LogP contribution < -0.4 is 0 Å². The van der Waals surface area contributed by atoms with Crippen LogP contribution in [0.2, 0.25) is 5.02 Å². The lowest BCUT2D eigenvalue weighted by Gasteiger charge is -2.23. The third-order valence-electron chi connectivity index (χ3n) is 5.32. The number of amides is 1. The first-order chi connectivity index (χ1) is 16.5. The number of carbonyl (C=O) groups is 1. The SMILES string of the molecule is N#Cc1ccc(CN(Cc2cccc(F)c2)C(=O)CCc2ncc(-c3ccccc3Cl)o2)cc1. The Hall–Kier alpha value is -3.95. The van der Waals surface area contributed by atoms with Gasteiger partial charge in [0.15, 0.2) is 11.7 Å². The first-order valence-corrected chi connectivity index (χ1v) is 11.1. The number of benzene rings is 3. The van der Waals surface area contributed by atoms with Gasteiger partial charge < -0.3 is 9.32 Å². The summed E-state index contributed by atoms with van der Waals surface area (Å²) in [5, 5.41) is 9.58. The van der Waals surface area contributed by atoms with E-state index in [0.29, 0.717) is 40.8 Å². The number of oxazole rings is 1. The maximum absolute atomic E-state index is 13.7. The molecule has 0 fully saturated rings. The van der Waals surface area contributed by atoms with Crippen LogP contribution in [-0.2, 0) is 24.3 Å². The Balaban J connectivity index is 1.47. The average Bonchev–Trinajstić information content (AvgIpc) is 3.32.